The number of benzene rings is 2. The second-order valence-electron chi connectivity index (χ2n) is 4.71. The van der Waals surface area contributed by atoms with E-state index < -0.39 is 0 Å². The van der Waals surface area contributed by atoms with Crippen LogP contribution in [0.15, 0.2) is 41.8 Å². The summed E-state index contributed by atoms with van der Waals surface area (Å²) in [6.07, 6.45) is 0. The fraction of sp³-hybridized carbons (Fsp3) is 0.125. The summed E-state index contributed by atoms with van der Waals surface area (Å²) in [6, 6.07) is 9.81. The van der Waals surface area contributed by atoms with Gasteiger partial charge in [0.2, 0.25) is 0 Å². The van der Waals surface area contributed by atoms with Gasteiger partial charge in [0.1, 0.15) is 10.8 Å². The third-order valence-electron chi connectivity index (χ3n) is 3.18. The Morgan fingerprint density at radius 3 is 2.71 bits per heavy atom. The summed E-state index contributed by atoms with van der Waals surface area (Å²) in [5.74, 6) is -0.545. The van der Waals surface area contributed by atoms with E-state index in [4.69, 9.17) is 0 Å². The number of nitrogens with one attached hydrogen (secondary N) is 1. The highest BCUT2D eigenvalue weighted by molar-refractivity contribution is 7.09. The van der Waals surface area contributed by atoms with Crippen LogP contribution < -0.4 is 5.32 Å². The molecule has 0 aliphatic rings. The fourth-order valence-electron chi connectivity index (χ4n) is 2.20. The number of halogens is 1. The second-order valence-corrected chi connectivity index (χ2v) is 5.65. The molecule has 21 heavy (non-hydrogen) atoms. The quantitative estimate of drug-likeness (QED) is 0.802. The van der Waals surface area contributed by atoms with Gasteiger partial charge in [0.25, 0.3) is 5.91 Å². The molecule has 0 unspecified atom stereocenters. The zero-order valence-electron chi connectivity index (χ0n) is 11.4. The molecule has 1 N–H and O–H groups in total. The fourth-order valence-corrected chi connectivity index (χ4v) is 2.91. The van der Waals surface area contributed by atoms with Gasteiger partial charge >= 0.3 is 0 Å². The van der Waals surface area contributed by atoms with E-state index in [9.17, 15) is 9.18 Å². The molecule has 1 amide bonds. The average Bonchev–Trinajstić information content (AvgIpc) is 2.91. The van der Waals surface area contributed by atoms with E-state index in [-0.39, 0.29) is 11.7 Å². The number of nitrogens with zero attached hydrogens (tertiary/aromatic N) is 1. The van der Waals surface area contributed by atoms with Crippen molar-refractivity contribution in [3.63, 3.8) is 0 Å². The van der Waals surface area contributed by atoms with Gasteiger partial charge in [-0.3, -0.25) is 4.79 Å². The molecular formula is C16H13FN2OS. The van der Waals surface area contributed by atoms with E-state index in [1.807, 2.05) is 12.3 Å². The Bertz CT molecular complexity index is 813. The van der Waals surface area contributed by atoms with Crippen molar-refractivity contribution in [2.24, 2.45) is 0 Å². The Hall–Kier alpha value is -2.27. The van der Waals surface area contributed by atoms with Gasteiger partial charge in [0, 0.05) is 22.0 Å². The largest absolute Gasteiger partial charge is 0.346 e. The Kier molecular flexibility index (Phi) is 3.66. The molecule has 5 heteroatoms. The number of hydrogen-bond donors (Lipinski definition) is 1. The minimum Gasteiger partial charge on any atom is -0.346 e. The first-order valence-corrected chi connectivity index (χ1v) is 7.39. The van der Waals surface area contributed by atoms with Gasteiger partial charge in [-0.05, 0) is 24.4 Å². The van der Waals surface area contributed by atoms with Gasteiger partial charge in [-0.1, -0.05) is 24.3 Å². The standard InChI is InChI=1S/C16H13FN2OS/c1-10-9-21-15(19-10)8-18-16(20)13-6-7-14(17)12-5-3-2-4-11(12)13/h2-7,9H,8H2,1H3,(H,18,20). The molecule has 0 bridgehead atoms. The molecule has 0 fully saturated rings. The van der Waals surface area contributed by atoms with Crippen molar-refractivity contribution in [2.45, 2.75) is 13.5 Å². The molecule has 1 heterocycles. The molecule has 0 aliphatic carbocycles. The summed E-state index contributed by atoms with van der Waals surface area (Å²) >= 11 is 1.51. The molecule has 0 aliphatic heterocycles. The molecule has 1 aromatic heterocycles. The van der Waals surface area contributed by atoms with Crippen LogP contribution in [0.1, 0.15) is 21.1 Å². The Morgan fingerprint density at radius 1 is 1.24 bits per heavy atom. The monoisotopic (exact) mass is 300 g/mol. The molecule has 2 aromatic carbocycles. The number of thiazole rings is 1. The van der Waals surface area contributed by atoms with Crippen molar-refractivity contribution < 1.29 is 9.18 Å². The number of carbonyl (C=O) groups is 1. The number of rotatable bonds is 3. The Morgan fingerprint density at radius 2 is 2.00 bits per heavy atom. The van der Waals surface area contributed by atoms with Crippen LogP contribution >= 0.6 is 11.3 Å². The van der Waals surface area contributed by atoms with Crippen LogP contribution in [0, 0.1) is 12.7 Å². The van der Waals surface area contributed by atoms with Gasteiger partial charge in [-0.2, -0.15) is 0 Å². The maximum atomic E-state index is 13.7. The van der Waals surface area contributed by atoms with E-state index in [0.717, 1.165) is 10.7 Å². The molecule has 3 nitrogen and oxygen atoms in total. The molecule has 3 rings (SSSR count). The minimum atomic E-state index is -0.322. The first-order valence-electron chi connectivity index (χ1n) is 6.51. The minimum absolute atomic E-state index is 0.223. The Balaban J connectivity index is 1.86. The zero-order chi connectivity index (χ0) is 14.8. The van der Waals surface area contributed by atoms with Gasteiger partial charge in [-0.15, -0.1) is 11.3 Å². The molecule has 0 atom stereocenters. The summed E-state index contributed by atoms with van der Waals surface area (Å²) in [7, 11) is 0. The van der Waals surface area contributed by atoms with Gasteiger partial charge in [0.05, 0.1) is 6.54 Å². The molecule has 0 saturated heterocycles. The molecule has 106 valence electrons. The van der Waals surface area contributed by atoms with Crippen LogP contribution in [0.4, 0.5) is 4.39 Å². The van der Waals surface area contributed by atoms with Crippen LogP contribution in [-0.2, 0) is 6.54 Å². The summed E-state index contributed by atoms with van der Waals surface area (Å²) in [5, 5.41) is 6.69. The predicted molar refractivity (Wildman–Crippen MR) is 81.9 cm³/mol. The van der Waals surface area contributed by atoms with Crippen molar-refractivity contribution in [1.82, 2.24) is 10.3 Å². The number of hydrogen-bond acceptors (Lipinski definition) is 3. The van der Waals surface area contributed by atoms with E-state index in [0.29, 0.717) is 22.9 Å². The maximum absolute atomic E-state index is 13.7. The first kappa shape index (κ1) is 13.7. The van der Waals surface area contributed by atoms with E-state index in [1.165, 1.54) is 23.5 Å². The van der Waals surface area contributed by atoms with Crippen LogP contribution in [0.25, 0.3) is 10.8 Å². The average molecular weight is 300 g/mol. The lowest BCUT2D eigenvalue weighted by Gasteiger charge is -2.07. The summed E-state index contributed by atoms with van der Waals surface area (Å²) in [5.41, 5.74) is 1.41. The number of amides is 1. The molecule has 0 spiro atoms. The number of aromatic nitrogens is 1. The highest BCUT2D eigenvalue weighted by Crippen LogP contribution is 2.21. The molecule has 0 radical (unpaired) electrons. The summed E-state index contributed by atoms with van der Waals surface area (Å²) in [4.78, 5) is 16.6. The highest BCUT2D eigenvalue weighted by atomic mass is 32.1. The van der Waals surface area contributed by atoms with E-state index in [2.05, 4.69) is 10.3 Å². The van der Waals surface area contributed by atoms with Crippen LogP contribution in [0.3, 0.4) is 0 Å². The molecular weight excluding hydrogens is 287 g/mol. The first-order chi connectivity index (χ1) is 10.1. The lowest BCUT2D eigenvalue weighted by molar-refractivity contribution is 0.0952. The normalized spacial score (nSPS) is 10.8. The second kappa shape index (κ2) is 5.61. The number of fused-ring (bicyclic) bond motifs is 1. The highest BCUT2D eigenvalue weighted by Gasteiger charge is 2.12. The smallest absolute Gasteiger partial charge is 0.252 e. The third-order valence-corrected chi connectivity index (χ3v) is 4.15. The SMILES string of the molecule is Cc1csc(CNC(=O)c2ccc(F)c3ccccc23)n1. The maximum Gasteiger partial charge on any atom is 0.252 e. The third kappa shape index (κ3) is 2.78. The van der Waals surface area contributed by atoms with E-state index in [1.54, 1.807) is 24.3 Å². The number of aryl methyl sites for hydroxylation is 1. The van der Waals surface area contributed by atoms with Gasteiger partial charge in [-0.25, -0.2) is 9.37 Å². The summed E-state index contributed by atoms with van der Waals surface area (Å²) in [6.45, 7) is 2.29. The van der Waals surface area contributed by atoms with Crippen LogP contribution in [0.2, 0.25) is 0 Å². The number of carbonyl (C=O) groups excluding carboxylic acids is 1. The van der Waals surface area contributed by atoms with Crippen molar-refractivity contribution in [2.75, 3.05) is 0 Å². The van der Waals surface area contributed by atoms with Crippen LogP contribution in [-0.4, -0.2) is 10.9 Å². The van der Waals surface area contributed by atoms with Gasteiger partial charge < -0.3 is 5.32 Å². The zero-order valence-corrected chi connectivity index (χ0v) is 12.2. The Labute approximate surface area is 125 Å². The topological polar surface area (TPSA) is 42.0 Å². The van der Waals surface area contributed by atoms with E-state index >= 15 is 0 Å². The van der Waals surface area contributed by atoms with Gasteiger partial charge in [0.15, 0.2) is 0 Å². The van der Waals surface area contributed by atoms with Crippen molar-refractivity contribution >= 4 is 28.0 Å². The summed E-state index contributed by atoms with van der Waals surface area (Å²) < 4.78 is 13.7. The lowest BCUT2D eigenvalue weighted by Crippen LogP contribution is -2.23. The molecule has 3 aromatic rings. The van der Waals surface area contributed by atoms with Crippen molar-refractivity contribution in [3.05, 3.63) is 63.9 Å². The lowest BCUT2D eigenvalue weighted by atomic mass is 10.0. The predicted octanol–water partition coefficient (Wildman–Crippen LogP) is 3.67. The van der Waals surface area contributed by atoms with Crippen molar-refractivity contribution in [3.8, 4) is 0 Å². The van der Waals surface area contributed by atoms with Crippen LogP contribution in [0.5, 0.6) is 0 Å². The molecule has 0 saturated carbocycles. The van der Waals surface area contributed by atoms with Crippen molar-refractivity contribution in [1.29, 1.82) is 0 Å².